The molecule has 1 heterocycles. The van der Waals surface area contributed by atoms with Crippen LogP contribution in [0, 0.1) is 5.82 Å². The van der Waals surface area contributed by atoms with Gasteiger partial charge in [-0.2, -0.15) is 0 Å². The Balaban J connectivity index is 1.61. The number of carbonyl (C=O) groups excluding carboxylic acids is 1. The topological polar surface area (TPSA) is 92.7 Å². The predicted octanol–water partition coefficient (Wildman–Crippen LogP) is 6.33. The zero-order valence-corrected chi connectivity index (χ0v) is 26.0. The number of rotatable bonds is 12. The van der Waals surface area contributed by atoms with Crippen LogP contribution in [0.2, 0.25) is 10.0 Å². The van der Waals surface area contributed by atoms with E-state index in [1.165, 1.54) is 12.1 Å². The zero-order valence-electron chi connectivity index (χ0n) is 22.1. The normalized spacial score (nSPS) is 17.6. The molecular weight excluding hydrogens is 656 g/mol. The van der Waals surface area contributed by atoms with Gasteiger partial charge in [0.2, 0.25) is 5.91 Å². The molecule has 220 valence electrons. The summed E-state index contributed by atoms with van der Waals surface area (Å²) in [7, 11) is -4.00. The molecule has 1 fully saturated rings. The standard InChI is InChI=1S/C30H31BrCl2FNO5S/c31-21-4-1-3-19(15-21)16-27(35-30(37)29-5-2-14-40-29)28(36)18-25(11-7-20-6-8-22(32)17-26(20)33)41(38,39)24-12-9-23(34)10-13-24/h1,3-4,6,8-10,12-13,15,17,25,27-29,36H,2,5,7,11,14,16,18H2,(H,35,37)/t25-,27+,28-,29+/m0/s1. The Bertz CT molecular complexity index is 1450. The van der Waals surface area contributed by atoms with E-state index in [0.29, 0.717) is 35.1 Å². The van der Waals surface area contributed by atoms with Gasteiger partial charge in [0.25, 0.3) is 0 Å². The van der Waals surface area contributed by atoms with Gasteiger partial charge in [-0.15, -0.1) is 0 Å². The molecule has 0 spiro atoms. The molecule has 6 nitrogen and oxygen atoms in total. The van der Waals surface area contributed by atoms with Crippen LogP contribution in [-0.4, -0.2) is 49.5 Å². The minimum atomic E-state index is -4.00. The smallest absolute Gasteiger partial charge is 0.249 e. The average Bonchev–Trinajstić information content (AvgIpc) is 3.47. The summed E-state index contributed by atoms with van der Waals surface area (Å²) in [6.07, 6.45) is 0.0318. The van der Waals surface area contributed by atoms with Crippen LogP contribution in [0.3, 0.4) is 0 Å². The van der Waals surface area contributed by atoms with Crippen molar-refractivity contribution in [3.8, 4) is 0 Å². The largest absolute Gasteiger partial charge is 0.391 e. The van der Waals surface area contributed by atoms with Crippen LogP contribution in [0.1, 0.15) is 36.8 Å². The highest BCUT2D eigenvalue weighted by Crippen LogP contribution is 2.28. The molecule has 1 saturated heterocycles. The number of hydrogen-bond donors (Lipinski definition) is 2. The third-order valence-corrected chi connectivity index (χ3v) is 10.5. The van der Waals surface area contributed by atoms with Crippen molar-refractivity contribution in [1.82, 2.24) is 5.32 Å². The maximum atomic E-state index is 13.8. The Labute approximate surface area is 258 Å². The summed E-state index contributed by atoms with van der Waals surface area (Å²) >= 11 is 15.8. The lowest BCUT2D eigenvalue weighted by molar-refractivity contribution is -0.131. The fraction of sp³-hybridized carbons (Fsp3) is 0.367. The number of aliphatic hydroxyl groups excluding tert-OH is 1. The molecule has 0 aliphatic carbocycles. The number of sulfone groups is 1. The molecule has 41 heavy (non-hydrogen) atoms. The van der Waals surface area contributed by atoms with Crippen molar-refractivity contribution in [3.63, 3.8) is 0 Å². The third-order valence-electron chi connectivity index (χ3n) is 7.20. The summed E-state index contributed by atoms with van der Waals surface area (Å²) in [6.45, 7) is 0.488. The molecular formula is C30H31BrCl2FNO5S. The molecule has 0 unspecified atom stereocenters. The van der Waals surface area contributed by atoms with E-state index in [1.807, 2.05) is 24.3 Å². The summed E-state index contributed by atoms with van der Waals surface area (Å²) in [6, 6.07) is 16.3. The maximum absolute atomic E-state index is 13.8. The number of nitrogens with one attached hydrogen (secondary N) is 1. The van der Waals surface area contributed by atoms with Crippen molar-refractivity contribution >= 4 is 54.9 Å². The van der Waals surface area contributed by atoms with Crippen molar-refractivity contribution < 1.29 is 27.4 Å². The molecule has 1 aliphatic heterocycles. The van der Waals surface area contributed by atoms with Crippen LogP contribution in [0.5, 0.6) is 0 Å². The van der Waals surface area contributed by atoms with Crippen LogP contribution < -0.4 is 5.32 Å². The van der Waals surface area contributed by atoms with Gasteiger partial charge in [-0.25, -0.2) is 12.8 Å². The summed E-state index contributed by atoms with van der Waals surface area (Å²) < 4.78 is 47.6. The van der Waals surface area contributed by atoms with Crippen molar-refractivity contribution in [2.45, 2.75) is 66.9 Å². The van der Waals surface area contributed by atoms with Crippen molar-refractivity contribution in [2.24, 2.45) is 0 Å². The molecule has 11 heteroatoms. The Kier molecular flexibility index (Phi) is 11.2. The van der Waals surface area contributed by atoms with Crippen LogP contribution in [0.15, 0.2) is 76.1 Å². The highest BCUT2D eigenvalue weighted by Gasteiger charge is 2.34. The molecule has 4 atom stereocenters. The number of ether oxygens (including phenoxy) is 1. The van der Waals surface area contributed by atoms with Crippen LogP contribution in [-0.2, 0) is 32.2 Å². The fourth-order valence-corrected chi connectivity index (χ4v) is 7.68. The molecule has 0 radical (unpaired) electrons. The highest BCUT2D eigenvalue weighted by molar-refractivity contribution is 9.10. The van der Waals surface area contributed by atoms with Gasteiger partial charge < -0.3 is 15.2 Å². The first kappa shape index (κ1) is 31.9. The van der Waals surface area contributed by atoms with Gasteiger partial charge in [0, 0.05) is 21.1 Å². The van der Waals surface area contributed by atoms with Crippen molar-refractivity contribution in [2.75, 3.05) is 6.61 Å². The third kappa shape index (κ3) is 8.75. The molecule has 3 aromatic rings. The first-order chi connectivity index (χ1) is 19.5. The van der Waals surface area contributed by atoms with Crippen molar-refractivity contribution in [1.29, 1.82) is 0 Å². The first-order valence-electron chi connectivity index (χ1n) is 13.3. The Morgan fingerprint density at radius 3 is 2.54 bits per heavy atom. The fourth-order valence-electron chi connectivity index (χ4n) is 4.95. The molecule has 2 N–H and O–H groups in total. The van der Waals surface area contributed by atoms with E-state index in [9.17, 15) is 22.7 Å². The quantitative estimate of drug-likeness (QED) is 0.218. The number of hydrogen-bond acceptors (Lipinski definition) is 5. The summed E-state index contributed by atoms with van der Waals surface area (Å²) in [4.78, 5) is 12.9. The number of benzene rings is 3. The number of aliphatic hydroxyl groups is 1. The van der Waals surface area contributed by atoms with E-state index in [0.717, 1.165) is 28.6 Å². The predicted molar refractivity (Wildman–Crippen MR) is 162 cm³/mol. The Morgan fingerprint density at radius 2 is 1.88 bits per heavy atom. The van der Waals surface area contributed by atoms with Crippen LogP contribution in [0.25, 0.3) is 0 Å². The van der Waals surface area contributed by atoms with Gasteiger partial charge in [-0.05, 0) is 98.2 Å². The van der Waals surface area contributed by atoms with E-state index in [2.05, 4.69) is 21.2 Å². The molecule has 4 rings (SSSR count). The molecule has 0 aromatic heterocycles. The van der Waals surface area contributed by atoms with E-state index < -0.39 is 39.2 Å². The SMILES string of the molecule is O=C(N[C@H](Cc1cccc(Br)c1)[C@@H](O)C[C@H](CCc1ccc(Cl)cc1Cl)S(=O)(=O)c1ccc(F)cc1)[C@H]1CCCO1. The van der Waals surface area contributed by atoms with E-state index in [-0.39, 0.29) is 30.1 Å². The van der Waals surface area contributed by atoms with Gasteiger partial charge in [-0.3, -0.25) is 4.79 Å². The number of aryl methyl sites for hydroxylation is 1. The lowest BCUT2D eigenvalue weighted by atomic mass is 9.96. The zero-order chi connectivity index (χ0) is 29.6. The Morgan fingerprint density at radius 1 is 1.12 bits per heavy atom. The molecule has 3 aromatic carbocycles. The Hall–Kier alpha value is -2.01. The lowest BCUT2D eigenvalue weighted by Gasteiger charge is -2.29. The molecule has 0 bridgehead atoms. The van der Waals surface area contributed by atoms with Gasteiger partial charge in [-0.1, -0.05) is 57.3 Å². The minimum Gasteiger partial charge on any atom is -0.391 e. The molecule has 0 saturated carbocycles. The second-order valence-corrected chi connectivity index (χ2v) is 14.1. The number of halogens is 4. The molecule has 1 amide bonds. The summed E-state index contributed by atoms with van der Waals surface area (Å²) in [5.41, 5.74) is 1.56. The summed E-state index contributed by atoms with van der Waals surface area (Å²) in [5, 5.41) is 14.2. The van der Waals surface area contributed by atoms with Crippen LogP contribution >= 0.6 is 39.1 Å². The van der Waals surface area contributed by atoms with Crippen molar-refractivity contribution in [3.05, 3.63) is 98.2 Å². The van der Waals surface area contributed by atoms with Gasteiger partial charge in [0.05, 0.1) is 22.3 Å². The average molecular weight is 687 g/mol. The number of carbonyl (C=O) groups is 1. The van der Waals surface area contributed by atoms with E-state index in [4.69, 9.17) is 27.9 Å². The van der Waals surface area contributed by atoms with E-state index >= 15 is 0 Å². The monoisotopic (exact) mass is 685 g/mol. The highest BCUT2D eigenvalue weighted by atomic mass is 79.9. The van der Waals surface area contributed by atoms with E-state index in [1.54, 1.807) is 18.2 Å². The molecule has 1 aliphatic rings. The first-order valence-corrected chi connectivity index (χ1v) is 16.4. The minimum absolute atomic E-state index is 0.0507. The summed E-state index contributed by atoms with van der Waals surface area (Å²) in [5.74, 6) is -0.896. The second kappa shape index (κ2) is 14.4. The van der Waals surface area contributed by atoms with Gasteiger partial charge in [0.15, 0.2) is 9.84 Å². The number of amides is 1. The van der Waals surface area contributed by atoms with Gasteiger partial charge in [0.1, 0.15) is 11.9 Å². The van der Waals surface area contributed by atoms with Gasteiger partial charge >= 0.3 is 0 Å². The lowest BCUT2D eigenvalue weighted by Crippen LogP contribution is -2.49. The van der Waals surface area contributed by atoms with Crippen LogP contribution in [0.4, 0.5) is 4.39 Å². The second-order valence-electron chi connectivity index (χ2n) is 10.1. The maximum Gasteiger partial charge on any atom is 0.249 e.